The summed E-state index contributed by atoms with van der Waals surface area (Å²) in [5, 5.41) is 12.5. The van der Waals surface area contributed by atoms with Gasteiger partial charge < -0.3 is 10.4 Å². The Morgan fingerprint density at radius 1 is 1.50 bits per heavy atom. The molecule has 0 bridgehead atoms. The lowest BCUT2D eigenvalue weighted by Crippen LogP contribution is -2.28. The van der Waals surface area contributed by atoms with Gasteiger partial charge in [-0.1, -0.05) is 6.07 Å². The first-order valence-electron chi connectivity index (χ1n) is 5.26. The van der Waals surface area contributed by atoms with Gasteiger partial charge in [0.1, 0.15) is 0 Å². The molecule has 4 heteroatoms. The molecule has 1 heterocycles. The highest BCUT2D eigenvalue weighted by atomic mass is 32.2. The van der Waals surface area contributed by atoms with E-state index in [9.17, 15) is 9.90 Å². The highest BCUT2D eigenvalue weighted by molar-refractivity contribution is 7.99. The fraction of sp³-hybridized carbons (Fsp3) is 0.417. The standard InChI is InChI=1S/C12H15NO2S/c1-12(2,11(14)15)8-3-4-9-10(7-8)16-6-5-13-9/h3-4,7,13H,5-6H2,1-2H3,(H,14,15). The Labute approximate surface area is 99.2 Å². The van der Waals surface area contributed by atoms with E-state index in [-0.39, 0.29) is 0 Å². The Balaban J connectivity index is 2.40. The smallest absolute Gasteiger partial charge is 0.313 e. The zero-order valence-corrected chi connectivity index (χ0v) is 10.2. The van der Waals surface area contributed by atoms with Crippen LogP contribution in [0.5, 0.6) is 0 Å². The fourth-order valence-corrected chi connectivity index (χ4v) is 2.58. The maximum Gasteiger partial charge on any atom is 0.313 e. The van der Waals surface area contributed by atoms with Gasteiger partial charge in [0, 0.05) is 22.9 Å². The van der Waals surface area contributed by atoms with Crippen LogP contribution in [0.2, 0.25) is 0 Å². The number of carboxylic acids is 1. The van der Waals surface area contributed by atoms with Gasteiger partial charge in [-0.25, -0.2) is 0 Å². The molecule has 0 amide bonds. The highest BCUT2D eigenvalue weighted by Crippen LogP contribution is 2.35. The Bertz CT molecular complexity index is 429. The second kappa shape index (κ2) is 4.01. The predicted molar refractivity (Wildman–Crippen MR) is 66.3 cm³/mol. The molecular formula is C12H15NO2S. The van der Waals surface area contributed by atoms with Crippen LogP contribution in [0, 0.1) is 0 Å². The number of aliphatic carboxylic acids is 1. The molecule has 0 fully saturated rings. The van der Waals surface area contributed by atoms with E-state index in [4.69, 9.17) is 0 Å². The Morgan fingerprint density at radius 3 is 2.94 bits per heavy atom. The fourth-order valence-electron chi connectivity index (χ4n) is 1.65. The van der Waals surface area contributed by atoms with Crippen LogP contribution in [0.1, 0.15) is 19.4 Å². The lowest BCUT2D eigenvalue weighted by molar-refractivity contribution is -0.142. The minimum absolute atomic E-state index is 0.791. The van der Waals surface area contributed by atoms with Gasteiger partial charge in [0.2, 0.25) is 0 Å². The number of nitrogens with one attached hydrogen (secondary N) is 1. The molecule has 1 aromatic rings. The number of hydrogen-bond donors (Lipinski definition) is 2. The maximum atomic E-state index is 11.2. The van der Waals surface area contributed by atoms with Crippen molar-refractivity contribution >= 4 is 23.4 Å². The molecule has 86 valence electrons. The minimum atomic E-state index is -0.826. The first-order chi connectivity index (χ1) is 7.51. The minimum Gasteiger partial charge on any atom is -0.481 e. The third-order valence-corrected chi connectivity index (χ3v) is 3.97. The number of carbonyl (C=O) groups is 1. The number of carboxylic acid groups (broad SMARTS) is 1. The highest BCUT2D eigenvalue weighted by Gasteiger charge is 2.30. The van der Waals surface area contributed by atoms with Crippen LogP contribution < -0.4 is 5.32 Å². The monoisotopic (exact) mass is 237 g/mol. The van der Waals surface area contributed by atoms with E-state index in [1.807, 2.05) is 18.2 Å². The number of rotatable bonds is 2. The Kier molecular flexibility index (Phi) is 2.84. The summed E-state index contributed by atoms with van der Waals surface area (Å²) in [5.41, 5.74) is 1.14. The molecule has 16 heavy (non-hydrogen) atoms. The van der Waals surface area contributed by atoms with Gasteiger partial charge in [0.05, 0.1) is 5.41 Å². The van der Waals surface area contributed by atoms with Crippen molar-refractivity contribution in [1.29, 1.82) is 0 Å². The van der Waals surface area contributed by atoms with E-state index in [0.29, 0.717) is 0 Å². The number of thioether (sulfide) groups is 1. The molecule has 3 nitrogen and oxygen atoms in total. The summed E-state index contributed by atoms with van der Waals surface area (Å²) in [4.78, 5) is 12.3. The third-order valence-electron chi connectivity index (χ3n) is 2.91. The summed E-state index contributed by atoms with van der Waals surface area (Å²) in [7, 11) is 0. The second-order valence-corrected chi connectivity index (χ2v) is 5.55. The molecule has 1 aromatic carbocycles. The summed E-state index contributed by atoms with van der Waals surface area (Å²) in [6.07, 6.45) is 0. The van der Waals surface area contributed by atoms with Crippen molar-refractivity contribution in [3.8, 4) is 0 Å². The lowest BCUT2D eigenvalue weighted by atomic mass is 9.85. The predicted octanol–water partition coefficient (Wildman–Crippen LogP) is 2.57. The van der Waals surface area contributed by atoms with E-state index in [1.165, 1.54) is 0 Å². The van der Waals surface area contributed by atoms with E-state index in [2.05, 4.69) is 5.32 Å². The topological polar surface area (TPSA) is 49.3 Å². The second-order valence-electron chi connectivity index (χ2n) is 4.42. The van der Waals surface area contributed by atoms with Gasteiger partial charge in [-0.15, -0.1) is 11.8 Å². The first-order valence-corrected chi connectivity index (χ1v) is 6.25. The summed E-state index contributed by atoms with van der Waals surface area (Å²) < 4.78 is 0. The van der Waals surface area contributed by atoms with Gasteiger partial charge in [0.25, 0.3) is 0 Å². The molecule has 0 aliphatic carbocycles. The van der Waals surface area contributed by atoms with Crippen LogP contribution in [-0.2, 0) is 10.2 Å². The first kappa shape index (κ1) is 11.3. The van der Waals surface area contributed by atoms with E-state index < -0.39 is 11.4 Å². The molecule has 0 unspecified atom stereocenters. The van der Waals surface area contributed by atoms with Gasteiger partial charge >= 0.3 is 5.97 Å². The van der Waals surface area contributed by atoms with Crippen molar-refractivity contribution < 1.29 is 9.90 Å². The summed E-state index contributed by atoms with van der Waals surface area (Å²) in [5.74, 6) is 0.241. The van der Waals surface area contributed by atoms with Gasteiger partial charge in [-0.3, -0.25) is 4.79 Å². The molecule has 0 saturated heterocycles. The molecule has 2 N–H and O–H groups in total. The average molecular weight is 237 g/mol. The molecule has 0 saturated carbocycles. The van der Waals surface area contributed by atoms with Crippen LogP contribution in [0.25, 0.3) is 0 Å². The van der Waals surface area contributed by atoms with Crippen LogP contribution in [0.4, 0.5) is 5.69 Å². The molecule has 0 aromatic heterocycles. The van der Waals surface area contributed by atoms with E-state index in [0.717, 1.165) is 28.4 Å². The van der Waals surface area contributed by atoms with Crippen LogP contribution >= 0.6 is 11.8 Å². The Morgan fingerprint density at radius 2 is 2.25 bits per heavy atom. The zero-order chi connectivity index (χ0) is 11.8. The summed E-state index contributed by atoms with van der Waals surface area (Å²) in [6.45, 7) is 4.44. The number of hydrogen-bond acceptors (Lipinski definition) is 3. The largest absolute Gasteiger partial charge is 0.481 e. The number of anilines is 1. The third kappa shape index (κ3) is 1.89. The van der Waals surface area contributed by atoms with Crippen molar-refractivity contribution in [2.75, 3.05) is 17.6 Å². The molecule has 0 atom stereocenters. The van der Waals surface area contributed by atoms with Crippen molar-refractivity contribution in [2.45, 2.75) is 24.2 Å². The molecule has 1 aliphatic heterocycles. The Hall–Kier alpha value is -1.16. The van der Waals surface area contributed by atoms with Crippen molar-refractivity contribution in [1.82, 2.24) is 0 Å². The summed E-state index contributed by atoms with van der Waals surface area (Å²) >= 11 is 1.78. The van der Waals surface area contributed by atoms with Crippen molar-refractivity contribution in [2.24, 2.45) is 0 Å². The number of benzene rings is 1. The van der Waals surface area contributed by atoms with Gasteiger partial charge in [0.15, 0.2) is 0 Å². The van der Waals surface area contributed by atoms with Crippen molar-refractivity contribution in [3.63, 3.8) is 0 Å². The quantitative estimate of drug-likeness (QED) is 0.830. The molecule has 0 radical (unpaired) electrons. The van der Waals surface area contributed by atoms with Gasteiger partial charge in [-0.2, -0.15) is 0 Å². The molecular weight excluding hydrogens is 222 g/mol. The van der Waals surface area contributed by atoms with Crippen LogP contribution in [-0.4, -0.2) is 23.4 Å². The van der Waals surface area contributed by atoms with Crippen molar-refractivity contribution in [3.05, 3.63) is 23.8 Å². The molecule has 2 rings (SSSR count). The normalized spacial score (nSPS) is 15.1. The SMILES string of the molecule is CC(C)(C(=O)O)c1ccc2c(c1)SCCN2. The summed E-state index contributed by atoms with van der Waals surface area (Å²) in [6, 6.07) is 5.85. The van der Waals surface area contributed by atoms with Crippen LogP contribution in [0.15, 0.2) is 23.1 Å². The number of fused-ring (bicyclic) bond motifs is 1. The van der Waals surface area contributed by atoms with Crippen LogP contribution in [0.3, 0.4) is 0 Å². The van der Waals surface area contributed by atoms with Gasteiger partial charge in [-0.05, 0) is 31.5 Å². The average Bonchev–Trinajstić information content (AvgIpc) is 2.28. The molecule has 1 aliphatic rings. The lowest BCUT2D eigenvalue weighted by Gasteiger charge is -2.23. The molecule has 0 spiro atoms. The van der Waals surface area contributed by atoms with E-state index >= 15 is 0 Å². The van der Waals surface area contributed by atoms with E-state index in [1.54, 1.807) is 25.6 Å². The maximum absolute atomic E-state index is 11.2. The zero-order valence-electron chi connectivity index (χ0n) is 9.41.